The number of nitrogens with zero attached hydrogens (tertiary/aromatic N) is 1. The summed E-state index contributed by atoms with van der Waals surface area (Å²) in [5, 5.41) is 11.9. The predicted molar refractivity (Wildman–Crippen MR) is 52.4 cm³/mol. The molecular weight excluding hydrogens is 182 g/mol. The zero-order valence-corrected chi connectivity index (χ0v) is 8.53. The van der Waals surface area contributed by atoms with Gasteiger partial charge in [-0.2, -0.15) is 0 Å². The van der Waals surface area contributed by atoms with Crippen LogP contribution in [0.4, 0.5) is 0 Å². The number of hydrogen-bond acceptors (Lipinski definition) is 4. The Morgan fingerprint density at radius 3 is 3.14 bits per heavy atom. The van der Waals surface area contributed by atoms with Gasteiger partial charge < -0.3 is 9.94 Å². The van der Waals surface area contributed by atoms with E-state index >= 15 is 0 Å². The first-order valence-corrected chi connectivity index (χ1v) is 5.14. The van der Waals surface area contributed by atoms with Gasteiger partial charge in [-0.3, -0.25) is 4.79 Å². The van der Waals surface area contributed by atoms with Crippen LogP contribution in [0.25, 0.3) is 0 Å². The van der Waals surface area contributed by atoms with Crippen molar-refractivity contribution in [3.63, 3.8) is 0 Å². The van der Waals surface area contributed by atoms with Gasteiger partial charge >= 0.3 is 5.97 Å². The summed E-state index contributed by atoms with van der Waals surface area (Å²) >= 11 is 0. The first-order chi connectivity index (χ1) is 6.77. The van der Waals surface area contributed by atoms with Gasteiger partial charge in [0.25, 0.3) is 0 Å². The molecule has 0 aromatic heterocycles. The summed E-state index contributed by atoms with van der Waals surface area (Å²) < 4.78 is 4.83. The molecule has 0 aliphatic heterocycles. The molecule has 0 spiro atoms. The highest BCUT2D eigenvalue weighted by Gasteiger charge is 2.23. The van der Waals surface area contributed by atoms with Crippen molar-refractivity contribution in [2.45, 2.75) is 39.0 Å². The largest absolute Gasteiger partial charge is 0.466 e. The van der Waals surface area contributed by atoms with Crippen LogP contribution in [0.15, 0.2) is 5.16 Å². The molecule has 1 rings (SSSR count). The van der Waals surface area contributed by atoms with E-state index in [1.165, 1.54) is 0 Å². The number of esters is 1. The van der Waals surface area contributed by atoms with E-state index in [2.05, 4.69) is 5.16 Å². The van der Waals surface area contributed by atoms with Crippen LogP contribution in [-0.2, 0) is 9.53 Å². The third kappa shape index (κ3) is 3.01. The fourth-order valence-electron chi connectivity index (χ4n) is 1.87. The molecular formula is C10H17NO3. The van der Waals surface area contributed by atoms with Gasteiger partial charge in [-0.25, -0.2) is 0 Å². The second-order valence-corrected chi connectivity index (χ2v) is 3.52. The number of carbonyl (C=O) groups is 1. The van der Waals surface area contributed by atoms with Crippen LogP contribution in [0.1, 0.15) is 39.0 Å². The van der Waals surface area contributed by atoms with E-state index in [-0.39, 0.29) is 11.9 Å². The van der Waals surface area contributed by atoms with E-state index in [9.17, 15) is 4.79 Å². The Morgan fingerprint density at radius 1 is 1.71 bits per heavy atom. The fourth-order valence-corrected chi connectivity index (χ4v) is 1.87. The van der Waals surface area contributed by atoms with Crippen LogP contribution in [0, 0.1) is 5.92 Å². The minimum Gasteiger partial charge on any atom is -0.466 e. The third-order valence-electron chi connectivity index (χ3n) is 2.59. The van der Waals surface area contributed by atoms with Gasteiger partial charge in [0.05, 0.1) is 12.3 Å². The molecule has 1 aliphatic rings. The van der Waals surface area contributed by atoms with Gasteiger partial charge in [0.2, 0.25) is 0 Å². The summed E-state index contributed by atoms with van der Waals surface area (Å²) in [4.78, 5) is 11.1. The van der Waals surface area contributed by atoms with E-state index in [4.69, 9.17) is 9.94 Å². The molecule has 4 nitrogen and oxygen atoms in total. The summed E-state index contributed by atoms with van der Waals surface area (Å²) in [6.07, 6.45) is 4.13. The van der Waals surface area contributed by atoms with E-state index in [1.54, 1.807) is 6.92 Å². The zero-order valence-electron chi connectivity index (χ0n) is 8.53. The molecule has 1 saturated carbocycles. The van der Waals surface area contributed by atoms with E-state index in [1.807, 2.05) is 0 Å². The molecule has 0 aromatic rings. The predicted octanol–water partition coefficient (Wildman–Crippen LogP) is 1.96. The first-order valence-electron chi connectivity index (χ1n) is 5.14. The average Bonchev–Trinajstić information content (AvgIpc) is 2.62. The molecule has 0 amide bonds. The highest BCUT2D eigenvalue weighted by atomic mass is 16.5. The normalized spacial score (nSPS) is 24.1. The van der Waals surface area contributed by atoms with Gasteiger partial charge in [0.1, 0.15) is 0 Å². The van der Waals surface area contributed by atoms with Crippen molar-refractivity contribution in [1.29, 1.82) is 0 Å². The average molecular weight is 199 g/mol. The van der Waals surface area contributed by atoms with Crippen molar-refractivity contribution in [2.24, 2.45) is 11.1 Å². The first kappa shape index (κ1) is 11.0. The van der Waals surface area contributed by atoms with Gasteiger partial charge in [0, 0.05) is 12.3 Å². The van der Waals surface area contributed by atoms with Crippen molar-refractivity contribution in [3.8, 4) is 0 Å². The lowest BCUT2D eigenvalue weighted by atomic mass is 10.0. The Labute approximate surface area is 83.9 Å². The molecule has 0 heterocycles. The second-order valence-electron chi connectivity index (χ2n) is 3.52. The van der Waals surface area contributed by atoms with Crippen molar-refractivity contribution < 1.29 is 14.7 Å². The summed E-state index contributed by atoms with van der Waals surface area (Å²) in [5.74, 6) is 0.126. The maximum absolute atomic E-state index is 11.1. The summed E-state index contributed by atoms with van der Waals surface area (Å²) in [6, 6.07) is 0. The summed E-state index contributed by atoms with van der Waals surface area (Å²) in [6.45, 7) is 2.23. The molecule has 4 heteroatoms. The molecule has 1 fully saturated rings. The van der Waals surface area contributed by atoms with Crippen molar-refractivity contribution >= 4 is 11.7 Å². The molecule has 0 saturated heterocycles. The van der Waals surface area contributed by atoms with Gasteiger partial charge in [-0.1, -0.05) is 5.16 Å². The molecule has 1 atom stereocenters. The molecule has 0 aromatic carbocycles. The van der Waals surface area contributed by atoms with Gasteiger partial charge in [-0.15, -0.1) is 0 Å². The van der Waals surface area contributed by atoms with Crippen LogP contribution in [0.5, 0.6) is 0 Å². The number of hydrogen-bond donors (Lipinski definition) is 1. The molecule has 1 N–H and O–H groups in total. The molecule has 14 heavy (non-hydrogen) atoms. The molecule has 0 bridgehead atoms. The van der Waals surface area contributed by atoms with E-state index in [0.29, 0.717) is 13.0 Å². The lowest BCUT2D eigenvalue weighted by Crippen LogP contribution is -2.11. The summed E-state index contributed by atoms with van der Waals surface area (Å²) in [5.41, 5.74) is 0.842. The fraction of sp³-hybridized carbons (Fsp3) is 0.800. The van der Waals surface area contributed by atoms with Crippen molar-refractivity contribution in [1.82, 2.24) is 0 Å². The minimum atomic E-state index is -0.156. The van der Waals surface area contributed by atoms with Crippen molar-refractivity contribution in [2.75, 3.05) is 6.61 Å². The summed E-state index contributed by atoms with van der Waals surface area (Å²) in [7, 11) is 0. The Morgan fingerprint density at radius 2 is 2.50 bits per heavy atom. The second kappa shape index (κ2) is 5.62. The van der Waals surface area contributed by atoms with Gasteiger partial charge in [-0.05, 0) is 32.6 Å². The van der Waals surface area contributed by atoms with Crippen LogP contribution < -0.4 is 0 Å². The Kier molecular flexibility index (Phi) is 4.43. The van der Waals surface area contributed by atoms with Crippen molar-refractivity contribution in [3.05, 3.63) is 0 Å². The topological polar surface area (TPSA) is 58.9 Å². The number of rotatable bonds is 4. The van der Waals surface area contributed by atoms with Crippen LogP contribution in [0.2, 0.25) is 0 Å². The Balaban J connectivity index is 2.27. The number of ether oxygens (including phenoxy) is 1. The van der Waals surface area contributed by atoms with Crippen LogP contribution in [0.3, 0.4) is 0 Å². The van der Waals surface area contributed by atoms with Gasteiger partial charge in [0.15, 0.2) is 0 Å². The standard InChI is InChI=1S/C10H17NO3/c1-2-14-10(12)7-6-8-4-3-5-9(8)11-13/h8,13H,2-7H2,1H3/b11-9-. The lowest BCUT2D eigenvalue weighted by molar-refractivity contribution is -0.143. The monoisotopic (exact) mass is 199 g/mol. The molecule has 1 aliphatic carbocycles. The van der Waals surface area contributed by atoms with E-state index < -0.39 is 0 Å². The van der Waals surface area contributed by atoms with Crippen LogP contribution in [-0.4, -0.2) is 23.5 Å². The molecule has 1 unspecified atom stereocenters. The smallest absolute Gasteiger partial charge is 0.305 e. The number of carbonyl (C=O) groups excluding carboxylic acids is 1. The SMILES string of the molecule is CCOC(=O)CCC1CCC/C1=N/O. The molecule has 80 valence electrons. The highest BCUT2D eigenvalue weighted by Crippen LogP contribution is 2.26. The van der Waals surface area contributed by atoms with E-state index in [0.717, 1.165) is 31.4 Å². The number of oxime groups is 1. The maximum Gasteiger partial charge on any atom is 0.305 e. The van der Waals surface area contributed by atoms with Crippen LogP contribution >= 0.6 is 0 Å². The zero-order chi connectivity index (χ0) is 10.4. The lowest BCUT2D eigenvalue weighted by Gasteiger charge is -2.08. The minimum absolute atomic E-state index is 0.156. The third-order valence-corrected chi connectivity index (χ3v) is 2.59. The Hall–Kier alpha value is -1.06. The molecule has 0 radical (unpaired) electrons. The maximum atomic E-state index is 11.1. The Bertz CT molecular complexity index is 225. The quantitative estimate of drug-likeness (QED) is 0.427. The highest BCUT2D eigenvalue weighted by molar-refractivity contribution is 5.88.